The van der Waals surface area contributed by atoms with Crippen molar-refractivity contribution < 1.29 is 4.74 Å². The quantitative estimate of drug-likeness (QED) is 0.863. The van der Waals surface area contributed by atoms with Crippen LogP contribution in [0, 0.1) is 0 Å². The van der Waals surface area contributed by atoms with E-state index in [-0.39, 0.29) is 0 Å². The second-order valence-corrected chi connectivity index (χ2v) is 5.68. The second-order valence-electron chi connectivity index (χ2n) is 4.40. The number of ether oxygens (including phenoxy) is 1. The van der Waals surface area contributed by atoms with E-state index in [2.05, 4.69) is 37.4 Å². The molecular formula is C14H21NOS. The van der Waals surface area contributed by atoms with Crippen LogP contribution in [-0.2, 0) is 0 Å². The molecule has 0 saturated carbocycles. The maximum atomic E-state index is 5.29. The summed E-state index contributed by atoms with van der Waals surface area (Å²) < 4.78 is 5.29. The van der Waals surface area contributed by atoms with E-state index in [1.54, 1.807) is 7.11 Å². The van der Waals surface area contributed by atoms with Crippen LogP contribution in [0.1, 0.15) is 38.3 Å². The van der Waals surface area contributed by atoms with Gasteiger partial charge in [-0.15, -0.1) is 11.8 Å². The molecule has 1 aliphatic heterocycles. The van der Waals surface area contributed by atoms with Crippen LogP contribution in [0.4, 0.5) is 0 Å². The molecule has 1 aromatic carbocycles. The van der Waals surface area contributed by atoms with Crippen LogP contribution in [0.5, 0.6) is 5.75 Å². The van der Waals surface area contributed by atoms with Gasteiger partial charge in [0.2, 0.25) is 0 Å². The van der Waals surface area contributed by atoms with Crippen molar-refractivity contribution in [2.45, 2.75) is 42.9 Å². The van der Waals surface area contributed by atoms with Crippen molar-refractivity contribution in [1.82, 2.24) is 5.32 Å². The molecule has 2 atom stereocenters. The standard InChI is InChI=1S/C14H21NOS/c1-4-8-15-14-11-7-6-10(16-3)9-13(11)17-12(14)5-2/h6-7,9,12,14-15H,4-5,8H2,1-3H3. The molecule has 1 heterocycles. The highest BCUT2D eigenvalue weighted by atomic mass is 32.2. The van der Waals surface area contributed by atoms with Gasteiger partial charge in [-0.3, -0.25) is 0 Å². The number of thioether (sulfide) groups is 1. The SMILES string of the molecule is CCCNC1c2ccc(OC)cc2SC1CC. The van der Waals surface area contributed by atoms with E-state index in [1.165, 1.54) is 23.3 Å². The number of rotatable bonds is 5. The summed E-state index contributed by atoms with van der Waals surface area (Å²) in [6.45, 7) is 5.57. The average molecular weight is 251 g/mol. The molecule has 0 saturated heterocycles. The summed E-state index contributed by atoms with van der Waals surface area (Å²) in [5.41, 5.74) is 1.44. The maximum Gasteiger partial charge on any atom is 0.119 e. The predicted molar refractivity (Wildman–Crippen MR) is 74.0 cm³/mol. The Morgan fingerprint density at radius 1 is 1.35 bits per heavy atom. The van der Waals surface area contributed by atoms with Gasteiger partial charge in [0.05, 0.1) is 7.11 Å². The molecule has 17 heavy (non-hydrogen) atoms. The fourth-order valence-corrected chi connectivity index (χ4v) is 3.68. The smallest absolute Gasteiger partial charge is 0.119 e. The third kappa shape index (κ3) is 2.61. The van der Waals surface area contributed by atoms with E-state index in [9.17, 15) is 0 Å². The van der Waals surface area contributed by atoms with Gasteiger partial charge >= 0.3 is 0 Å². The van der Waals surface area contributed by atoms with Crippen LogP contribution in [0.15, 0.2) is 23.1 Å². The lowest BCUT2D eigenvalue weighted by atomic mass is 10.0. The number of methoxy groups -OCH3 is 1. The van der Waals surface area contributed by atoms with E-state index in [4.69, 9.17) is 4.74 Å². The number of benzene rings is 1. The Kier molecular flexibility index (Phi) is 4.35. The Hall–Kier alpha value is -0.670. The predicted octanol–water partition coefficient (Wildman–Crippen LogP) is 3.62. The summed E-state index contributed by atoms with van der Waals surface area (Å²) in [6, 6.07) is 6.95. The van der Waals surface area contributed by atoms with Crippen LogP contribution in [0.3, 0.4) is 0 Å². The summed E-state index contributed by atoms with van der Waals surface area (Å²) in [5.74, 6) is 0.960. The lowest BCUT2D eigenvalue weighted by Gasteiger charge is -2.19. The summed E-state index contributed by atoms with van der Waals surface area (Å²) in [5, 5.41) is 4.32. The molecule has 0 radical (unpaired) electrons. The van der Waals surface area contributed by atoms with Gasteiger partial charge < -0.3 is 10.1 Å². The minimum absolute atomic E-state index is 0.505. The second kappa shape index (κ2) is 5.78. The van der Waals surface area contributed by atoms with Crippen LogP contribution in [-0.4, -0.2) is 18.9 Å². The zero-order chi connectivity index (χ0) is 12.3. The normalized spacial score (nSPS) is 22.5. The molecule has 3 heteroatoms. The first-order valence-electron chi connectivity index (χ1n) is 6.38. The van der Waals surface area contributed by atoms with Gasteiger partial charge in [-0.1, -0.05) is 19.9 Å². The highest BCUT2D eigenvalue weighted by molar-refractivity contribution is 8.00. The zero-order valence-corrected chi connectivity index (χ0v) is 11.6. The van der Waals surface area contributed by atoms with Gasteiger partial charge in [0.15, 0.2) is 0 Å². The average Bonchev–Trinajstić information content (AvgIpc) is 2.72. The largest absolute Gasteiger partial charge is 0.497 e. The molecule has 0 spiro atoms. The zero-order valence-electron chi connectivity index (χ0n) is 10.8. The molecule has 0 amide bonds. The fourth-order valence-electron chi connectivity index (χ4n) is 2.29. The minimum atomic E-state index is 0.505. The molecule has 94 valence electrons. The molecular weight excluding hydrogens is 230 g/mol. The van der Waals surface area contributed by atoms with Crippen molar-refractivity contribution in [2.75, 3.05) is 13.7 Å². The minimum Gasteiger partial charge on any atom is -0.497 e. The molecule has 1 N–H and O–H groups in total. The molecule has 2 rings (SSSR count). The third-order valence-electron chi connectivity index (χ3n) is 3.22. The molecule has 1 aromatic rings. The Labute approximate surface area is 108 Å². The molecule has 1 aliphatic rings. The van der Waals surface area contributed by atoms with Gasteiger partial charge in [-0.05, 0) is 37.1 Å². The first-order chi connectivity index (χ1) is 8.30. The van der Waals surface area contributed by atoms with E-state index in [0.29, 0.717) is 11.3 Å². The molecule has 0 aliphatic carbocycles. The van der Waals surface area contributed by atoms with Crippen molar-refractivity contribution >= 4 is 11.8 Å². The summed E-state index contributed by atoms with van der Waals surface area (Å²) in [7, 11) is 1.73. The Bertz CT molecular complexity index is 380. The van der Waals surface area contributed by atoms with Crippen molar-refractivity contribution in [3.63, 3.8) is 0 Å². The monoisotopic (exact) mass is 251 g/mol. The van der Waals surface area contributed by atoms with E-state index in [1.807, 2.05) is 11.8 Å². The topological polar surface area (TPSA) is 21.3 Å². The van der Waals surface area contributed by atoms with Gasteiger partial charge in [-0.25, -0.2) is 0 Å². The number of hydrogen-bond acceptors (Lipinski definition) is 3. The lowest BCUT2D eigenvalue weighted by molar-refractivity contribution is 0.413. The molecule has 0 fully saturated rings. The summed E-state index contributed by atoms with van der Waals surface area (Å²) in [6.07, 6.45) is 2.38. The van der Waals surface area contributed by atoms with E-state index >= 15 is 0 Å². The molecule has 0 aromatic heterocycles. The van der Waals surface area contributed by atoms with Crippen molar-refractivity contribution in [2.24, 2.45) is 0 Å². The molecule has 2 nitrogen and oxygen atoms in total. The fraction of sp³-hybridized carbons (Fsp3) is 0.571. The van der Waals surface area contributed by atoms with Crippen LogP contribution >= 0.6 is 11.8 Å². The van der Waals surface area contributed by atoms with Crippen LogP contribution in [0.2, 0.25) is 0 Å². The first kappa shape index (κ1) is 12.8. The van der Waals surface area contributed by atoms with E-state index < -0.39 is 0 Å². The van der Waals surface area contributed by atoms with Gasteiger partial charge in [0, 0.05) is 16.2 Å². The lowest BCUT2D eigenvalue weighted by Crippen LogP contribution is -2.27. The highest BCUT2D eigenvalue weighted by Crippen LogP contribution is 2.46. The van der Waals surface area contributed by atoms with Crippen molar-refractivity contribution in [3.05, 3.63) is 23.8 Å². The van der Waals surface area contributed by atoms with Crippen LogP contribution < -0.4 is 10.1 Å². The van der Waals surface area contributed by atoms with Gasteiger partial charge in [-0.2, -0.15) is 0 Å². The molecule has 2 unspecified atom stereocenters. The maximum absolute atomic E-state index is 5.29. The van der Waals surface area contributed by atoms with Gasteiger partial charge in [0.1, 0.15) is 5.75 Å². The summed E-state index contributed by atoms with van der Waals surface area (Å²) in [4.78, 5) is 1.38. The van der Waals surface area contributed by atoms with E-state index in [0.717, 1.165) is 12.3 Å². The van der Waals surface area contributed by atoms with Crippen LogP contribution in [0.25, 0.3) is 0 Å². The Balaban J connectivity index is 2.22. The Morgan fingerprint density at radius 2 is 2.18 bits per heavy atom. The number of nitrogens with one attached hydrogen (secondary N) is 1. The molecule has 0 bridgehead atoms. The summed E-state index contributed by atoms with van der Waals surface area (Å²) >= 11 is 1.98. The van der Waals surface area contributed by atoms with Crippen molar-refractivity contribution in [3.8, 4) is 5.75 Å². The Morgan fingerprint density at radius 3 is 2.82 bits per heavy atom. The number of hydrogen-bond donors (Lipinski definition) is 1. The number of fused-ring (bicyclic) bond motifs is 1. The highest BCUT2D eigenvalue weighted by Gasteiger charge is 2.31. The van der Waals surface area contributed by atoms with Gasteiger partial charge in [0.25, 0.3) is 0 Å². The van der Waals surface area contributed by atoms with Crippen molar-refractivity contribution in [1.29, 1.82) is 0 Å². The third-order valence-corrected chi connectivity index (χ3v) is 4.74. The first-order valence-corrected chi connectivity index (χ1v) is 7.26.